The zero-order valence-corrected chi connectivity index (χ0v) is 9.77. The number of rotatable bonds is 2. The van der Waals surface area contributed by atoms with Crippen LogP contribution >= 0.6 is 0 Å². The van der Waals surface area contributed by atoms with E-state index in [0.29, 0.717) is 0 Å². The van der Waals surface area contributed by atoms with E-state index in [1.807, 2.05) is 0 Å². The lowest BCUT2D eigenvalue weighted by atomic mass is 10.1. The number of imidazole rings is 1. The van der Waals surface area contributed by atoms with Gasteiger partial charge in [0.2, 0.25) is 0 Å². The predicted octanol–water partition coefficient (Wildman–Crippen LogP) is 2.80. The monoisotopic (exact) mass is 270 g/mol. The number of hydrogen-bond acceptors (Lipinski definition) is 2. The standard InChI is InChI=1S/C12H9F3N2O2/c1-17-9(11(18)19)6-16-10(17)7-4-2-3-5-8(7)12(13,14)15/h2-6H,1H3,(H,18,19). The van der Waals surface area contributed by atoms with Crippen LogP contribution in [0.2, 0.25) is 0 Å². The highest BCUT2D eigenvalue weighted by Gasteiger charge is 2.34. The molecule has 0 atom stereocenters. The van der Waals surface area contributed by atoms with Crippen molar-refractivity contribution in [3.05, 3.63) is 41.7 Å². The minimum atomic E-state index is -4.52. The summed E-state index contributed by atoms with van der Waals surface area (Å²) < 4.78 is 39.8. The Labute approximate surface area is 106 Å². The predicted molar refractivity (Wildman–Crippen MR) is 60.6 cm³/mol. The van der Waals surface area contributed by atoms with Crippen LogP contribution in [0.5, 0.6) is 0 Å². The topological polar surface area (TPSA) is 55.1 Å². The summed E-state index contributed by atoms with van der Waals surface area (Å²) in [6, 6.07) is 4.91. The third-order valence-corrected chi connectivity index (χ3v) is 2.68. The Morgan fingerprint density at radius 1 is 1.32 bits per heavy atom. The third kappa shape index (κ3) is 2.31. The number of carboxylic acid groups (broad SMARTS) is 1. The van der Waals surface area contributed by atoms with Crippen molar-refractivity contribution in [3.8, 4) is 11.4 Å². The summed E-state index contributed by atoms with van der Waals surface area (Å²) in [5, 5.41) is 8.87. The number of aromatic carboxylic acids is 1. The van der Waals surface area contributed by atoms with Crippen LogP contribution in [0.4, 0.5) is 13.2 Å². The molecular weight excluding hydrogens is 261 g/mol. The second kappa shape index (κ2) is 4.42. The normalized spacial score (nSPS) is 11.6. The van der Waals surface area contributed by atoms with Crippen molar-refractivity contribution >= 4 is 5.97 Å². The Bertz CT molecular complexity index is 632. The van der Waals surface area contributed by atoms with Crippen molar-refractivity contribution in [1.82, 2.24) is 9.55 Å². The average Bonchev–Trinajstić information content (AvgIpc) is 2.70. The molecule has 0 aliphatic heterocycles. The fourth-order valence-electron chi connectivity index (χ4n) is 1.78. The van der Waals surface area contributed by atoms with E-state index in [1.165, 1.54) is 25.2 Å². The summed E-state index contributed by atoms with van der Waals surface area (Å²) in [6.45, 7) is 0. The molecule has 1 N–H and O–H groups in total. The largest absolute Gasteiger partial charge is 0.477 e. The number of carboxylic acids is 1. The summed E-state index contributed by atoms with van der Waals surface area (Å²) in [7, 11) is 1.36. The molecule has 2 rings (SSSR count). The fraction of sp³-hybridized carbons (Fsp3) is 0.167. The molecule has 0 saturated heterocycles. The van der Waals surface area contributed by atoms with Gasteiger partial charge in [0.05, 0.1) is 11.8 Å². The zero-order valence-electron chi connectivity index (χ0n) is 9.77. The van der Waals surface area contributed by atoms with Gasteiger partial charge in [0.1, 0.15) is 11.5 Å². The summed E-state index contributed by atoms with van der Waals surface area (Å²) in [6.07, 6.45) is -3.49. The van der Waals surface area contributed by atoms with Crippen LogP contribution in [-0.2, 0) is 13.2 Å². The van der Waals surface area contributed by atoms with Gasteiger partial charge < -0.3 is 9.67 Å². The van der Waals surface area contributed by atoms with Crippen molar-refractivity contribution in [2.75, 3.05) is 0 Å². The number of hydrogen-bond donors (Lipinski definition) is 1. The maximum atomic E-state index is 12.9. The van der Waals surface area contributed by atoms with Gasteiger partial charge in [-0.05, 0) is 6.07 Å². The first kappa shape index (κ1) is 13.1. The molecule has 0 aliphatic carbocycles. The molecule has 0 aliphatic rings. The van der Waals surface area contributed by atoms with Gasteiger partial charge in [-0.1, -0.05) is 18.2 Å². The zero-order chi connectivity index (χ0) is 14.2. The molecule has 0 spiro atoms. The van der Waals surface area contributed by atoms with Crippen LogP contribution in [0.15, 0.2) is 30.5 Å². The molecule has 7 heteroatoms. The van der Waals surface area contributed by atoms with Crippen molar-refractivity contribution in [2.45, 2.75) is 6.18 Å². The molecule has 0 radical (unpaired) electrons. The Morgan fingerprint density at radius 3 is 2.47 bits per heavy atom. The number of nitrogens with zero attached hydrogens (tertiary/aromatic N) is 2. The van der Waals surface area contributed by atoms with Crippen molar-refractivity contribution in [1.29, 1.82) is 0 Å². The Kier molecular flexibility index (Phi) is 3.05. The van der Waals surface area contributed by atoms with Gasteiger partial charge in [0, 0.05) is 12.6 Å². The first-order chi connectivity index (χ1) is 8.82. The quantitative estimate of drug-likeness (QED) is 0.912. The fourth-order valence-corrected chi connectivity index (χ4v) is 1.78. The molecule has 1 heterocycles. The lowest BCUT2D eigenvalue weighted by Crippen LogP contribution is -2.10. The molecule has 1 aromatic carbocycles. The van der Waals surface area contributed by atoms with Gasteiger partial charge in [-0.3, -0.25) is 0 Å². The molecular formula is C12H9F3N2O2. The molecule has 0 fully saturated rings. The van der Waals surface area contributed by atoms with Gasteiger partial charge in [0.15, 0.2) is 0 Å². The van der Waals surface area contributed by atoms with E-state index >= 15 is 0 Å². The molecule has 1 aromatic heterocycles. The highest BCUT2D eigenvalue weighted by molar-refractivity contribution is 5.86. The molecule has 19 heavy (non-hydrogen) atoms. The van der Waals surface area contributed by atoms with E-state index in [9.17, 15) is 18.0 Å². The SMILES string of the molecule is Cn1c(C(=O)O)cnc1-c1ccccc1C(F)(F)F. The van der Waals surface area contributed by atoms with E-state index < -0.39 is 17.7 Å². The van der Waals surface area contributed by atoms with Crippen molar-refractivity contribution in [3.63, 3.8) is 0 Å². The molecule has 100 valence electrons. The molecule has 4 nitrogen and oxygen atoms in total. The molecule has 0 bridgehead atoms. The minimum Gasteiger partial charge on any atom is -0.477 e. The Morgan fingerprint density at radius 2 is 1.95 bits per heavy atom. The molecule has 0 unspecified atom stereocenters. The van der Waals surface area contributed by atoms with Gasteiger partial charge in [0.25, 0.3) is 0 Å². The van der Waals surface area contributed by atoms with Crippen molar-refractivity contribution < 1.29 is 23.1 Å². The highest BCUT2D eigenvalue weighted by atomic mass is 19.4. The van der Waals surface area contributed by atoms with Gasteiger partial charge in [-0.25, -0.2) is 9.78 Å². The molecule has 0 saturated carbocycles. The lowest BCUT2D eigenvalue weighted by Gasteiger charge is -2.12. The third-order valence-electron chi connectivity index (χ3n) is 2.68. The second-order valence-electron chi connectivity index (χ2n) is 3.87. The molecule has 2 aromatic rings. The second-order valence-corrected chi connectivity index (χ2v) is 3.87. The molecule has 0 amide bonds. The van der Waals surface area contributed by atoms with Crippen LogP contribution < -0.4 is 0 Å². The van der Waals surface area contributed by atoms with Crippen molar-refractivity contribution in [2.24, 2.45) is 7.05 Å². The lowest BCUT2D eigenvalue weighted by molar-refractivity contribution is -0.137. The summed E-state index contributed by atoms with van der Waals surface area (Å²) in [4.78, 5) is 14.6. The minimum absolute atomic E-state index is 0.0367. The number of alkyl halides is 3. The Hall–Kier alpha value is -2.31. The van der Waals surface area contributed by atoms with E-state index in [2.05, 4.69) is 4.98 Å². The number of carbonyl (C=O) groups is 1. The first-order valence-electron chi connectivity index (χ1n) is 5.24. The van der Waals surface area contributed by atoms with E-state index in [0.717, 1.165) is 16.8 Å². The number of aromatic nitrogens is 2. The van der Waals surface area contributed by atoms with Gasteiger partial charge >= 0.3 is 12.1 Å². The van der Waals surface area contributed by atoms with Crippen LogP contribution in [-0.4, -0.2) is 20.6 Å². The first-order valence-corrected chi connectivity index (χ1v) is 5.24. The van der Waals surface area contributed by atoms with E-state index in [-0.39, 0.29) is 17.1 Å². The number of halogens is 3. The van der Waals surface area contributed by atoms with Crippen LogP contribution in [0, 0.1) is 0 Å². The average molecular weight is 270 g/mol. The van der Waals surface area contributed by atoms with Crippen LogP contribution in [0.1, 0.15) is 16.1 Å². The Balaban J connectivity index is 2.64. The smallest absolute Gasteiger partial charge is 0.417 e. The van der Waals surface area contributed by atoms with Gasteiger partial charge in [-0.2, -0.15) is 13.2 Å². The van der Waals surface area contributed by atoms with Crippen LogP contribution in [0.25, 0.3) is 11.4 Å². The highest BCUT2D eigenvalue weighted by Crippen LogP contribution is 2.36. The van der Waals surface area contributed by atoms with Crippen LogP contribution in [0.3, 0.4) is 0 Å². The summed E-state index contributed by atoms with van der Waals surface area (Å²) >= 11 is 0. The van der Waals surface area contributed by atoms with Gasteiger partial charge in [-0.15, -0.1) is 0 Å². The number of benzene rings is 1. The summed E-state index contributed by atoms with van der Waals surface area (Å²) in [5.74, 6) is -1.28. The maximum Gasteiger partial charge on any atom is 0.417 e. The van der Waals surface area contributed by atoms with E-state index in [4.69, 9.17) is 5.11 Å². The summed E-state index contributed by atoms with van der Waals surface area (Å²) in [5.41, 5.74) is -1.17. The van der Waals surface area contributed by atoms with E-state index in [1.54, 1.807) is 0 Å². The maximum absolute atomic E-state index is 12.9.